The summed E-state index contributed by atoms with van der Waals surface area (Å²) >= 11 is 20.1. The maximum atomic E-state index is 14.1. The van der Waals surface area contributed by atoms with E-state index in [4.69, 9.17) is 34.8 Å². The summed E-state index contributed by atoms with van der Waals surface area (Å²) in [6, 6.07) is 9.13. The first kappa shape index (κ1) is 27.1. The molecule has 1 N–H and O–H groups in total. The van der Waals surface area contributed by atoms with Crippen molar-refractivity contribution in [3.05, 3.63) is 68.4 Å². The van der Waals surface area contributed by atoms with E-state index in [1.807, 2.05) is 6.92 Å². The average Bonchev–Trinajstić information content (AvgIpc) is 3.30. The predicted molar refractivity (Wildman–Crippen MR) is 139 cm³/mol. The van der Waals surface area contributed by atoms with Gasteiger partial charge in [-0.25, -0.2) is 4.39 Å². The largest absolute Gasteiger partial charge is 0.352 e. The van der Waals surface area contributed by atoms with E-state index >= 15 is 0 Å². The topological polar surface area (TPSA) is 49.4 Å². The number of amides is 2. The SMILES string of the molecule is CC[C@@H](C(=O)NC1CCCC1)N(Cc1c(Cl)cccc1Cl)C(=O)CSCc1c(F)cccc1Cl. The third-order valence-electron chi connectivity index (χ3n) is 6.01. The van der Waals surface area contributed by atoms with Crippen molar-refractivity contribution < 1.29 is 14.0 Å². The molecular weight excluding hydrogens is 518 g/mol. The molecule has 0 heterocycles. The summed E-state index contributed by atoms with van der Waals surface area (Å²) in [6.07, 6.45) is 4.53. The van der Waals surface area contributed by atoms with E-state index in [2.05, 4.69) is 5.32 Å². The zero-order valence-electron chi connectivity index (χ0n) is 19.0. The molecule has 2 amide bonds. The molecule has 2 aromatic carbocycles. The number of rotatable bonds is 10. The minimum atomic E-state index is -0.668. The molecule has 0 aromatic heterocycles. The molecule has 0 radical (unpaired) electrons. The summed E-state index contributed by atoms with van der Waals surface area (Å²) in [7, 11) is 0. The van der Waals surface area contributed by atoms with Gasteiger partial charge in [0.25, 0.3) is 0 Å². The second kappa shape index (κ2) is 13.0. The monoisotopic (exact) mass is 544 g/mol. The van der Waals surface area contributed by atoms with Gasteiger partial charge in [0.05, 0.1) is 5.75 Å². The molecule has 1 saturated carbocycles. The van der Waals surface area contributed by atoms with Crippen LogP contribution in [-0.4, -0.2) is 34.6 Å². The molecule has 0 aliphatic heterocycles. The third kappa shape index (κ3) is 7.03. The highest BCUT2D eigenvalue weighted by Crippen LogP contribution is 2.29. The first-order valence-electron chi connectivity index (χ1n) is 11.3. The van der Waals surface area contributed by atoms with Gasteiger partial charge >= 0.3 is 0 Å². The number of carbonyl (C=O) groups is 2. The molecule has 0 unspecified atom stereocenters. The summed E-state index contributed by atoms with van der Waals surface area (Å²) in [5, 5.41) is 4.29. The zero-order chi connectivity index (χ0) is 24.7. The highest BCUT2D eigenvalue weighted by atomic mass is 35.5. The van der Waals surface area contributed by atoms with Gasteiger partial charge in [-0.3, -0.25) is 9.59 Å². The van der Waals surface area contributed by atoms with Crippen LogP contribution in [-0.2, 0) is 21.9 Å². The second-order valence-corrected chi connectivity index (χ2v) is 10.5. The van der Waals surface area contributed by atoms with Gasteiger partial charge in [-0.1, -0.05) is 66.7 Å². The highest BCUT2D eigenvalue weighted by molar-refractivity contribution is 7.99. The molecule has 0 saturated heterocycles. The first-order chi connectivity index (χ1) is 16.3. The van der Waals surface area contributed by atoms with Crippen molar-refractivity contribution in [3.8, 4) is 0 Å². The van der Waals surface area contributed by atoms with Gasteiger partial charge in [0, 0.05) is 44.5 Å². The van der Waals surface area contributed by atoms with Gasteiger partial charge in [-0.2, -0.15) is 0 Å². The number of nitrogens with zero attached hydrogens (tertiary/aromatic N) is 1. The number of nitrogens with one attached hydrogen (secondary N) is 1. The van der Waals surface area contributed by atoms with Crippen LogP contribution >= 0.6 is 46.6 Å². The van der Waals surface area contributed by atoms with Gasteiger partial charge in [-0.15, -0.1) is 11.8 Å². The van der Waals surface area contributed by atoms with E-state index in [-0.39, 0.29) is 35.9 Å². The Morgan fingerprint density at radius 3 is 2.24 bits per heavy atom. The van der Waals surface area contributed by atoms with Crippen molar-refractivity contribution >= 4 is 58.4 Å². The van der Waals surface area contributed by atoms with Crippen molar-refractivity contribution in [2.45, 2.75) is 63.4 Å². The normalized spacial score (nSPS) is 14.7. The van der Waals surface area contributed by atoms with Crippen LogP contribution in [0.25, 0.3) is 0 Å². The van der Waals surface area contributed by atoms with Crippen LogP contribution in [0.4, 0.5) is 4.39 Å². The van der Waals surface area contributed by atoms with Gasteiger partial charge < -0.3 is 10.2 Å². The van der Waals surface area contributed by atoms with E-state index in [1.54, 1.807) is 30.3 Å². The lowest BCUT2D eigenvalue weighted by molar-refractivity contribution is -0.139. The lowest BCUT2D eigenvalue weighted by Crippen LogP contribution is -2.51. The maximum Gasteiger partial charge on any atom is 0.243 e. The van der Waals surface area contributed by atoms with Crippen molar-refractivity contribution in [3.63, 3.8) is 0 Å². The molecule has 34 heavy (non-hydrogen) atoms. The van der Waals surface area contributed by atoms with Crippen LogP contribution in [0, 0.1) is 5.82 Å². The fraction of sp³-hybridized carbons (Fsp3) is 0.440. The van der Waals surface area contributed by atoms with Crippen molar-refractivity contribution in [2.75, 3.05) is 5.75 Å². The number of carbonyl (C=O) groups excluding carboxylic acids is 2. The molecule has 9 heteroatoms. The minimum absolute atomic E-state index is 0.0555. The molecule has 1 aliphatic rings. The third-order valence-corrected chi connectivity index (χ3v) is 8.02. The fourth-order valence-electron chi connectivity index (χ4n) is 4.13. The first-order valence-corrected chi connectivity index (χ1v) is 13.6. The number of hydrogen-bond donors (Lipinski definition) is 1. The minimum Gasteiger partial charge on any atom is -0.352 e. The number of thioether (sulfide) groups is 1. The van der Waals surface area contributed by atoms with Crippen molar-refractivity contribution in [2.24, 2.45) is 0 Å². The van der Waals surface area contributed by atoms with Crippen LogP contribution in [0.15, 0.2) is 36.4 Å². The Balaban J connectivity index is 1.77. The molecule has 1 atom stereocenters. The summed E-state index contributed by atoms with van der Waals surface area (Å²) in [6.45, 7) is 1.98. The van der Waals surface area contributed by atoms with Gasteiger partial charge in [-0.05, 0) is 43.5 Å². The summed E-state index contributed by atoms with van der Waals surface area (Å²) in [5.74, 6) is -0.535. The van der Waals surface area contributed by atoms with Crippen LogP contribution in [0.3, 0.4) is 0 Å². The lowest BCUT2D eigenvalue weighted by atomic mass is 10.1. The predicted octanol–water partition coefficient (Wildman–Crippen LogP) is 6.89. The molecular formula is C25H28Cl3FN2O2S. The molecule has 2 aromatic rings. The smallest absolute Gasteiger partial charge is 0.243 e. The molecule has 3 rings (SSSR count). The van der Waals surface area contributed by atoms with Crippen molar-refractivity contribution in [1.82, 2.24) is 10.2 Å². The Labute approximate surface area is 219 Å². The van der Waals surface area contributed by atoms with Crippen molar-refractivity contribution in [1.29, 1.82) is 0 Å². The van der Waals surface area contributed by atoms with Crippen LogP contribution in [0.5, 0.6) is 0 Å². The fourth-order valence-corrected chi connectivity index (χ4v) is 5.90. The van der Waals surface area contributed by atoms with E-state index in [0.717, 1.165) is 25.7 Å². The quantitative estimate of drug-likeness (QED) is 0.354. The summed E-state index contributed by atoms with van der Waals surface area (Å²) in [5.41, 5.74) is 0.946. The van der Waals surface area contributed by atoms with Crippen LogP contribution in [0.1, 0.15) is 50.2 Å². The Hall–Kier alpha value is -1.47. The van der Waals surface area contributed by atoms with Crippen LogP contribution < -0.4 is 5.32 Å². The molecule has 184 valence electrons. The second-order valence-electron chi connectivity index (χ2n) is 8.33. The highest BCUT2D eigenvalue weighted by Gasteiger charge is 2.31. The van der Waals surface area contributed by atoms with Crippen LogP contribution in [0.2, 0.25) is 15.1 Å². The lowest BCUT2D eigenvalue weighted by Gasteiger charge is -2.32. The Bertz CT molecular complexity index is 977. The molecule has 1 fully saturated rings. The average molecular weight is 546 g/mol. The molecule has 0 bridgehead atoms. The Kier molecular flexibility index (Phi) is 10.4. The molecule has 4 nitrogen and oxygen atoms in total. The van der Waals surface area contributed by atoms with E-state index in [0.29, 0.717) is 32.6 Å². The van der Waals surface area contributed by atoms with Gasteiger partial charge in [0.1, 0.15) is 11.9 Å². The molecule has 1 aliphatic carbocycles. The number of benzene rings is 2. The van der Waals surface area contributed by atoms with Gasteiger partial charge in [0.2, 0.25) is 11.8 Å². The standard InChI is InChI=1S/C25H28Cl3FN2O2S/c1-2-23(25(33)30-16-7-3-4-8-16)31(13-17-19(26)9-5-10-20(17)27)24(32)15-34-14-18-21(28)11-6-12-22(18)29/h5-6,9-12,16,23H,2-4,7-8,13-15H2,1H3,(H,30,33)/t23-/m0/s1. The maximum absolute atomic E-state index is 14.1. The summed E-state index contributed by atoms with van der Waals surface area (Å²) < 4.78 is 14.1. The van der Waals surface area contributed by atoms with E-state index in [9.17, 15) is 14.0 Å². The van der Waals surface area contributed by atoms with Gasteiger partial charge in [0.15, 0.2) is 0 Å². The number of hydrogen-bond acceptors (Lipinski definition) is 3. The zero-order valence-corrected chi connectivity index (χ0v) is 22.0. The molecule has 0 spiro atoms. The van der Waals surface area contributed by atoms with E-state index < -0.39 is 11.9 Å². The Morgan fingerprint density at radius 2 is 1.65 bits per heavy atom. The Morgan fingerprint density at radius 1 is 1.06 bits per heavy atom. The summed E-state index contributed by atoms with van der Waals surface area (Å²) in [4.78, 5) is 28.1. The number of halogens is 4. The van der Waals surface area contributed by atoms with E-state index in [1.165, 1.54) is 22.7 Å².